The van der Waals surface area contributed by atoms with Crippen LogP contribution in [0.4, 0.5) is 5.69 Å². The monoisotopic (exact) mass is 785 g/mol. The van der Waals surface area contributed by atoms with E-state index in [1.807, 2.05) is 19.1 Å². The summed E-state index contributed by atoms with van der Waals surface area (Å²) < 4.78 is 25.5. The van der Waals surface area contributed by atoms with Crippen LogP contribution in [-0.4, -0.2) is 84.8 Å². The number of Topliss-reactive ketones (excluding diaryl/α,β-unsaturated/α-hetero) is 1. The number of nitrogens with one attached hydrogen (secondary N) is 1. The number of aromatic nitrogens is 2. The molecule has 304 valence electrons. The van der Waals surface area contributed by atoms with Crippen LogP contribution in [0.3, 0.4) is 0 Å². The van der Waals surface area contributed by atoms with Crippen molar-refractivity contribution in [1.82, 2.24) is 9.38 Å². The first-order chi connectivity index (χ1) is 26.8. The van der Waals surface area contributed by atoms with Crippen molar-refractivity contribution in [2.75, 3.05) is 12.4 Å². The number of carbonyl (C=O) groups excluding carboxylic acids is 3. The highest BCUT2D eigenvalue weighted by Gasteiger charge is 2.50. The van der Waals surface area contributed by atoms with Crippen molar-refractivity contribution in [2.24, 2.45) is 23.7 Å². The Kier molecular flexibility index (Phi) is 11.2. The second-order valence-electron chi connectivity index (χ2n) is 15.6. The number of rotatable bonds is 2. The highest BCUT2D eigenvalue weighted by atomic mass is 16.7. The SMILES string of the molecule is CO[C@H]1C=CO[C@@]2(C)Oc3c(C)c(O)c4c(O)c(c5c(nc6cc(C)ccn65)c4c3C2=O)NC(=O)C(C)=CC=C[C@H](C)[C@H](O)[C@@H](C)[C@@H](O)[C@H](C)[C@H](OC(C)=O)[C@@H]1C. The van der Waals surface area contributed by atoms with E-state index in [2.05, 4.69) is 5.32 Å². The van der Waals surface area contributed by atoms with Gasteiger partial charge < -0.3 is 44.7 Å². The summed E-state index contributed by atoms with van der Waals surface area (Å²) in [4.78, 5) is 45.6. The summed E-state index contributed by atoms with van der Waals surface area (Å²) in [5, 5.41) is 49.4. The van der Waals surface area contributed by atoms with Crippen LogP contribution in [0.5, 0.6) is 17.2 Å². The number of pyridine rings is 1. The molecule has 14 nitrogen and oxygen atoms in total. The summed E-state index contributed by atoms with van der Waals surface area (Å²) in [6.45, 7) is 14.7. The average Bonchev–Trinajstić information content (AvgIpc) is 3.67. The van der Waals surface area contributed by atoms with Gasteiger partial charge in [-0.1, -0.05) is 45.9 Å². The molecule has 14 heteroatoms. The van der Waals surface area contributed by atoms with Crippen molar-refractivity contribution in [2.45, 2.75) is 92.5 Å². The summed E-state index contributed by atoms with van der Waals surface area (Å²) in [5.41, 5.74) is 2.18. The van der Waals surface area contributed by atoms with E-state index in [0.29, 0.717) is 5.65 Å². The Morgan fingerprint density at radius 1 is 0.982 bits per heavy atom. The van der Waals surface area contributed by atoms with Crippen LogP contribution < -0.4 is 10.1 Å². The molecule has 2 aliphatic rings. The molecule has 0 radical (unpaired) electrons. The lowest BCUT2D eigenvalue weighted by molar-refractivity contribution is -0.160. The van der Waals surface area contributed by atoms with Crippen molar-refractivity contribution >= 4 is 50.8 Å². The number of benzene rings is 2. The summed E-state index contributed by atoms with van der Waals surface area (Å²) in [6, 6.07) is 3.64. The van der Waals surface area contributed by atoms with Crippen LogP contribution in [0.2, 0.25) is 0 Å². The highest BCUT2D eigenvalue weighted by molar-refractivity contribution is 6.28. The number of aromatic hydroxyl groups is 2. The molecule has 0 aliphatic carbocycles. The minimum absolute atomic E-state index is 0.0185. The summed E-state index contributed by atoms with van der Waals surface area (Å²) in [6.07, 6.45) is 5.62. The lowest BCUT2D eigenvalue weighted by Gasteiger charge is -2.38. The quantitative estimate of drug-likeness (QED) is 0.115. The molecule has 0 unspecified atom stereocenters. The van der Waals surface area contributed by atoms with Gasteiger partial charge in [0.2, 0.25) is 0 Å². The van der Waals surface area contributed by atoms with Crippen LogP contribution in [0.1, 0.15) is 70.0 Å². The number of esters is 1. The fourth-order valence-corrected chi connectivity index (χ4v) is 8.03. The Labute approximate surface area is 330 Å². The molecule has 57 heavy (non-hydrogen) atoms. The molecule has 2 aromatic carbocycles. The van der Waals surface area contributed by atoms with Gasteiger partial charge in [0.1, 0.15) is 40.0 Å². The van der Waals surface area contributed by atoms with Crippen molar-refractivity contribution in [3.8, 4) is 17.2 Å². The normalized spacial score (nSPS) is 28.8. The first kappa shape index (κ1) is 41.2. The number of aryl methyl sites for hydroxylation is 1. The van der Waals surface area contributed by atoms with Crippen molar-refractivity contribution in [3.63, 3.8) is 0 Å². The lowest BCUT2D eigenvalue weighted by atomic mass is 9.78. The largest absolute Gasteiger partial charge is 0.507 e. The number of nitrogens with zero attached hydrogens (tertiary/aromatic N) is 2. The van der Waals surface area contributed by atoms with Crippen LogP contribution in [0.15, 0.2) is 54.5 Å². The van der Waals surface area contributed by atoms with Gasteiger partial charge >= 0.3 is 11.8 Å². The van der Waals surface area contributed by atoms with E-state index in [1.165, 1.54) is 40.2 Å². The predicted octanol–water partition coefficient (Wildman–Crippen LogP) is 6.16. The standard InChI is InChI=1S/C43H51N3O11/c1-19-14-16-46-28(18-19)44-32-29-30-37(50)25(7)40-31(29)41(52)43(9,57-40)55-17-15-27(54-10)22(4)39(56-26(8)47)24(6)36(49)23(5)35(48)20(2)12-11-13-21(3)42(53)45-33(34(32)46)38(30)51/h11-18,20,22-24,27,35-36,39,48-51H,1-10H3,(H,45,53)/t20-,22+,23+,24-,27-,35-,36+,39+,43-/m0/s1. The number of allylic oxidation sites excluding steroid dienone is 2. The minimum atomic E-state index is -1.96. The number of imidazole rings is 1. The third-order valence-electron chi connectivity index (χ3n) is 11.5. The fraction of sp³-hybridized carbons (Fsp3) is 0.442. The molecule has 0 fully saturated rings. The zero-order valence-electron chi connectivity index (χ0n) is 33.8. The van der Waals surface area contributed by atoms with Gasteiger partial charge in [-0.2, -0.15) is 0 Å². The van der Waals surface area contributed by atoms with Crippen LogP contribution in [-0.2, 0) is 23.8 Å². The Hall–Kier alpha value is -5.44. The van der Waals surface area contributed by atoms with E-state index in [1.54, 1.807) is 63.4 Å². The molecule has 5 N–H and O–H groups in total. The van der Waals surface area contributed by atoms with Gasteiger partial charge in [-0.05, 0) is 44.5 Å². The van der Waals surface area contributed by atoms with Gasteiger partial charge in [0.25, 0.3) is 11.7 Å². The van der Waals surface area contributed by atoms with Crippen molar-refractivity contribution < 1.29 is 53.8 Å². The fourth-order valence-electron chi connectivity index (χ4n) is 8.03. The topological polar surface area (TPSA) is 198 Å². The summed E-state index contributed by atoms with van der Waals surface area (Å²) in [5.74, 6) is -6.96. The number of aliphatic hydroxyl groups excluding tert-OH is 2. The van der Waals surface area contributed by atoms with Gasteiger partial charge in [-0.25, -0.2) is 4.98 Å². The number of ketones is 1. The average molecular weight is 786 g/mol. The zero-order chi connectivity index (χ0) is 41.8. The number of carbonyl (C=O) groups is 3. The number of aliphatic hydroxyl groups is 2. The minimum Gasteiger partial charge on any atom is -0.507 e. The Morgan fingerprint density at radius 2 is 1.68 bits per heavy atom. The zero-order valence-corrected chi connectivity index (χ0v) is 33.8. The molecule has 1 amide bonds. The number of amides is 1. The van der Waals surface area contributed by atoms with E-state index in [4.69, 9.17) is 23.9 Å². The van der Waals surface area contributed by atoms with E-state index in [-0.39, 0.29) is 55.7 Å². The Bertz CT molecular complexity index is 2380. The number of ether oxygens (including phenoxy) is 4. The van der Waals surface area contributed by atoms with E-state index in [9.17, 15) is 34.8 Å². The van der Waals surface area contributed by atoms with E-state index in [0.717, 1.165) is 5.56 Å². The molecule has 2 aliphatic heterocycles. The maximum atomic E-state index is 14.6. The van der Waals surface area contributed by atoms with Gasteiger partial charge in [0, 0.05) is 67.3 Å². The van der Waals surface area contributed by atoms with E-state index >= 15 is 0 Å². The number of phenolic OH excluding ortho intramolecular Hbond substituents is 2. The molecular formula is C43H51N3O11. The Balaban J connectivity index is 1.58. The third kappa shape index (κ3) is 7.10. The molecule has 4 heterocycles. The second-order valence-corrected chi connectivity index (χ2v) is 15.6. The number of anilines is 1. The Morgan fingerprint density at radius 3 is 2.35 bits per heavy atom. The molecule has 6 rings (SSSR count). The summed E-state index contributed by atoms with van der Waals surface area (Å²) in [7, 11) is 1.46. The van der Waals surface area contributed by atoms with Crippen LogP contribution in [0, 0.1) is 37.5 Å². The molecule has 9 atom stereocenters. The first-order valence-electron chi connectivity index (χ1n) is 19.0. The van der Waals surface area contributed by atoms with Crippen molar-refractivity contribution in [3.05, 3.63) is 71.2 Å². The number of hydrogen-bond donors (Lipinski definition) is 5. The van der Waals surface area contributed by atoms with E-state index < -0.39 is 77.3 Å². The molecule has 0 spiro atoms. The summed E-state index contributed by atoms with van der Waals surface area (Å²) >= 11 is 0. The molecule has 0 saturated heterocycles. The maximum Gasteiger partial charge on any atom is 0.312 e. The van der Waals surface area contributed by atoms with Gasteiger partial charge in [-0.15, -0.1) is 0 Å². The van der Waals surface area contributed by atoms with Gasteiger partial charge in [0.15, 0.2) is 5.75 Å². The van der Waals surface area contributed by atoms with Crippen molar-refractivity contribution in [1.29, 1.82) is 0 Å². The third-order valence-corrected chi connectivity index (χ3v) is 11.5. The number of hydrogen-bond acceptors (Lipinski definition) is 12. The molecule has 4 aromatic rings. The van der Waals surface area contributed by atoms with Crippen LogP contribution in [0.25, 0.3) is 27.5 Å². The van der Waals surface area contributed by atoms with Crippen LogP contribution >= 0.6 is 0 Å². The molecule has 2 aromatic heterocycles. The molecule has 4 bridgehead atoms. The smallest absolute Gasteiger partial charge is 0.312 e. The molecule has 0 saturated carbocycles. The van der Waals surface area contributed by atoms with Gasteiger partial charge in [-0.3, -0.25) is 18.8 Å². The van der Waals surface area contributed by atoms with Gasteiger partial charge in [0.05, 0.1) is 35.5 Å². The number of methoxy groups -OCH3 is 1. The predicted molar refractivity (Wildman–Crippen MR) is 213 cm³/mol. The second kappa shape index (κ2) is 15.5. The highest BCUT2D eigenvalue weighted by Crippen LogP contribution is 2.54. The molecular weight excluding hydrogens is 734 g/mol. The lowest BCUT2D eigenvalue weighted by Crippen LogP contribution is -2.46. The number of phenols is 2. The first-order valence-corrected chi connectivity index (χ1v) is 19.0. The maximum absolute atomic E-state index is 14.6. The number of fused-ring (bicyclic) bond motifs is 2.